The quantitative estimate of drug-likeness (QED) is 0.825. The van der Waals surface area contributed by atoms with Gasteiger partial charge in [-0.05, 0) is 36.2 Å². The highest BCUT2D eigenvalue weighted by Gasteiger charge is 2.09. The SMILES string of the molecule is CCc1ccccc1Oc1cc(C(N)=O)ccc1N. The Morgan fingerprint density at radius 2 is 1.89 bits per heavy atom. The normalized spacial score (nSPS) is 10.2. The minimum Gasteiger partial charge on any atom is -0.455 e. The molecular weight excluding hydrogens is 240 g/mol. The summed E-state index contributed by atoms with van der Waals surface area (Å²) >= 11 is 0. The number of rotatable bonds is 4. The maximum absolute atomic E-state index is 11.2. The van der Waals surface area contributed by atoms with E-state index in [0.29, 0.717) is 17.0 Å². The zero-order valence-corrected chi connectivity index (χ0v) is 10.7. The van der Waals surface area contributed by atoms with Crippen molar-refractivity contribution in [2.24, 2.45) is 5.73 Å². The average molecular weight is 256 g/mol. The van der Waals surface area contributed by atoms with Gasteiger partial charge in [-0.1, -0.05) is 25.1 Å². The third-order valence-electron chi connectivity index (χ3n) is 2.87. The molecule has 0 aliphatic carbocycles. The number of hydrogen-bond donors (Lipinski definition) is 2. The maximum Gasteiger partial charge on any atom is 0.248 e. The fourth-order valence-corrected chi connectivity index (χ4v) is 1.79. The number of carbonyl (C=O) groups excluding carboxylic acids is 1. The molecule has 98 valence electrons. The van der Waals surface area contributed by atoms with Crippen molar-refractivity contribution in [2.75, 3.05) is 5.73 Å². The molecule has 0 radical (unpaired) electrons. The van der Waals surface area contributed by atoms with Crippen molar-refractivity contribution in [3.8, 4) is 11.5 Å². The Morgan fingerprint density at radius 3 is 2.58 bits per heavy atom. The van der Waals surface area contributed by atoms with Gasteiger partial charge >= 0.3 is 0 Å². The second-order valence-electron chi connectivity index (χ2n) is 4.18. The lowest BCUT2D eigenvalue weighted by Crippen LogP contribution is -2.11. The first-order valence-corrected chi connectivity index (χ1v) is 6.07. The molecule has 2 aromatic carbocycles. The van der Waals surface area contributed by atoms with Crippen molar-refractivity contribution >= 4 is 11.6 Å². The van der Waals surface area contributed by atoms with E-state index in [9.17, 15) is 4.79 Å². The van der Waals surface area contributed by atoms with Crippen molar-refractivity contribution in [2.45, 2.75) is 13.3 Å². The third-order valence-corrected chi connectivity index (χ3v) is 2.87. The summed E-state index contributed by atoms with van der Waals surface area (Å²) in [6, 6.07) is 12.5. The largest absolute Gasteiger partial charge is 0.455 e. The van der Waals surface area contributed by atoms with Crippen LogP contribution in [0.15, 0.2) is 42.5 Å². The van der Waals surface area contributed by atoms with Gasteiger partial charge in [-0.2, -0.15) is 0 Å². The van der Waals surface area contributed by atoms with Crippen molar-refractivity contribution in [3.63, 3.8) is 0 Å². The Bertz CT molecular complexity index is 609. The van der Waals surface area contributed by atoms with Crippen LogP contribution in [-0.2, 0) is 6.42 Å². The lowest BCUT2D eigenvalue weighted by molar-refractivity contribution is 0.1000. The van der Waals surface area contributed by atoms with Crippen LogP contribution in [0.3, 0.4) is 0 Å². The van der Waals surface area contributed by atoms with E-state index in [1.165, 1.54) is 0 Å². The molecule has 4 N–H and O–H groups in total. The van der Waals surface area contributed by atoms with Crippen LogP contribution in [0.2, 0.25) is 0 Å². The van der Waals surface area contributed by atoms with E-state index in [2.05, 4.69) is 0 Å². The predicted octanol–water partition coefficient (Wildman–Crippen LogP) is 2.72. The van der Waals surface area contributed by atoms with Gasteiger partial charge in [0.15, 0.2) is 5.75 Å². The smallest absolute Gasteiger partial charge is 0.248 e. The molecule has 0 spiro atoms. The Hall–Kier alpha value is -2.49. The van der Waals surface area contributed by atoms with Crippen LogP contribution in [0.25, 0.3) is 0 Å². The molecule has 1 amide bonds. The van der Waals surface area contributed by atoms with Crippen LogP contribution in [0.5, 0.6) is 11.5 Å². The standard InChI is InChI=1S/C15H16N2O2/c1-2-10-5-3-4-6-13(10)19-14-9-11(15(17)18)7-8-12(14)16/h3-9H,2,16H2,1H3,(H2,17,18). The predicted molar refractivity (Wildman–Crippen MR) is 75.3 cm³/mol. The summed E-state index contributed by atoms with van der Waals surface area (Å²) < 4.78 is 5.79. The number of amides is 1. The molecule has 19 heavy (non-hydrogen) atoms. The van der Waals surface area contributed by atoms with Gasteiger partial charge in [-0.15, -0.1) is 0 Å². The van der Waals surface area contributed by atoms with Crippen LogP contribution >= 0.6 is 0 Å². The van der Waals surface area contributed by atoms with Gasteiger partial charge in [0, 0.05) is 5.56 Å². The van der Waals surface area contributed by atoms with E-state index in [0.717, 1.165) is 17.7 Å². The minimum absolute atomic E-state index is 0.373. The molecule has 0 unspecified atom stereocenters. The zero-order chi connectivity index (χ0) is 13.8. The topological polar surface area (TPSA) is 78.3 Å². The summed E-state index contributed by atoms with van der Waals surface area (Å²) in [5, 5.41) is 0. The molecule has 4 nitrogen and oxygen atoms in total. The fourth-order valence-electron chi connectivity index (χ4n) is 1.79. The summed E-state index contributed by atoms with van der Waals surface area (Å²) in [6.07, 6.45) is 0.853. The number of aryl methyl sites for hydroxylation is 1. The molecule has 0 atom stereocenters. The molecule has 0 heterocycles. The zero-order valence-electron chi connectivity index (χ0n) is 10.7. The summed E-state index contributed by atoms with van der Waals surface area (Å²) in [4.78, 5) is 11.2. The number of nitrogen functional groups attached to an aromatic ring is 1. The number of hydrogen-bond acceptors (Lipinski definition) is 3. The van der Waals surface area contributed by atoms with Crippen molar-refractivity contribution in [3.05, 3.63) is 53.6 Å². The number of anilines is 1. The second kappa shape index (κ2) is 5.44. The molecule has 0 aromatic heterocycles. The Morgan fingerprint density at radius 1 is 1.16 bits per heavy atom. The van der Waals surface area contributed by atoms with Gasteiger partial charge in [0.2, 0.25) is 5.91 Å². The van der Waals surface area contributed by atoms with Crippen LogP contribution in [0.4, 0.5) is 5.69 Å². The Kier molecular flexibility index (Phi) is 3.71. The number of para-hydroxylation sites is 1. The first-order chi connectivity index (χ1) is 9.11. The number of primary amides is 1. The summed E-state index contributed by atoms with van der Waals surface area (Å²) in [5.41, 5.74) is 13.0. The maximum atomic E-state index is 11.2. The molecule has 2 rings (SSSR count). The fraction of sp³-hybridized carbons (Fsp3) is 0.133. The van der Waals surface area contributed by atoms with Crippen LogP contribution in [0, 0.1) is 0 Å². The highest BCUT2D eigenvalue weighted by molar-refractivity contribution is 5.93. The van der Waals surface area contributed by atoms with Gasteiger partial charge in [0.05, 0.1) is 5.69 Å². The highest BCUT2D eigenvalue weighted by atomic mass is 16.5. The highest BCUT2D eigenvalue weighted by Crippen LogP contribution is 2.30. The minimum atomic E-state index is -0.506. The van der Waals surface area contributed by atoms with Gasteiger partial charge < -0.3 is 16.2 Å². The molecule has 0 aliphatic heterocycles. The second-order valence-corrected chi connectivity index (χ2v) is 4.18. The molecule has 0 saturated heterocycles. The van der Waals surface area contributed by atoms with Gasteiger partial charge in [-0.25, -0.2) is 0 Å². The van der Waals surface area contributed by atoms with Gasteiger partial charge in [-0.3, -0.25) is 4.79 Å². The molecule has 0 aliphatic rings. The van der Waals surface area contributed by atoms with E-state index < -0.39 is 5.91 Å². The van der Waals surface area contributed by atoms with Crippen molar-refractivity contribution in [1.82, 2.24) is 0 Å². The van der Waals surface area contributed by atoms with Crippen molar-refractivity contribution in [1.29, 1.82) is 0 Å². The van der Waals surface area contributed by atoms with Crippen LogP contribution in [-0.4, -0.2) is 5.91 Å². The van der Waals surface area contributed by atoms with E-state index in [4.69, 9.17) is 16.2 Å². The van der Waals surface area contributed by atoms with E-state index in [-0.39, 0.29) is 0 Å². The molecule has 0 fully saturated rings. The Labute approximate surface area is 112 Å². The lowest BCUT2D eigenvalue weighted by Gasteiger charge is -2.12. The number of benzene rings is 2. The average Bonchev–Trinajstić information content (AvgIpc) is 2.41. The third kappa shape index (κ3) is 2.85. The van der Waals surface area contributed by atoms with Crippen LogP contribution < -0.4 is 16.2 Å². The van der Waals surface area contributed by atoms with E-state index in [1.54, 1.807) is 18.2 Å². The van der Waals surface area contributed by atoms with E-state index >= 15 is 0 Å². The first-order valence-electron chi connectivity index (χ1n) is 6.07. The Balaban J connectivity index is 2.37. The van der Waals surface area contributed by atoms with Crippen LogP contribution in [0.1, 0.15) is 22.8 Å². The van der Waals surface area contributed by atoms with Gasteiger partial charge in [0.1, 0.15) is 5.75 Å². The monoisotopic (exact) mass is 256 g/mol. The molecular formula is C15H16N2O2. The molecule has 2 aromatic rings. The van der Waals surface area contributed by atoms with Gasteiger partial charge in [0.25, 0.3) is 0 Å². The van der Waals surface area contributed by atoms with E-state index in [1.807, 2.05) is 31.2 Å². The summed E-state index contributed by atoms with van der Waals surface area (Å²) in [5.74, 6) is 0.671. The summed E-state index contributed by atoms with van der Waals surface area (Å²) in [7, 11) is 0. The summed E-state index contributed by atoms with van der Waals surface area (Å²) in [6.45, 7) is 2.05. The number of carbonyl (C=O) groups is 1. The number of nitrogens with two attached hydrogens (primary N) is 2. The molecule has 4 heteroatoms. The molecule has 0 bridgehead atoms. The van der Waals surface area contributed by atoms with Crippen molar-refractivity contribution < 1.29 is 9.53 Å². The molecule has 0 saturated carbocycles. The number of ether oxygens (including phenoxy) is 1. The lowest BCUT2D eigenvalue weighted by atomic mass is 10.1. The first kappa shape index (κ1) is 13.0.